The van der Waals surface area contributed by atoms with Crippen LogP contribution in [0.1, 0.15) is 18.5 Å². The van der Waals surface area contributed by atoms with Crippen molar-refractivity contribution in [2.75, 3.05) is 5.75 Å². The number of amides is 1. The average Bonchev–Trinajstić information content (AvgIpc) is 3.36. The van der Waals surface area contributed by atoms with Gasteiger partial charge in [-0.25, -0.2) is 14.6 Å². The van der Waals surface area contributed by atoms with E-state index in [1.807, 2.05) is 55.5 Å². The molecule has 136 valence electrons. The van der Waals surface area contributed by atoms with Crippen LogP contribution >= 0.6 is 11.8 Å². The summed E-state index contributed by atoms with van der Waals surface area (Å²) in [7, 11) is 0. The predicted molar refractivity (Wildman–Crippen MR) is 103 cm³/mol. The van der Waals surface area contributed by atoms with Crippen molar-refractivity contribution >= 4 is 28.8 Å². The van der Waals surface area contributed by atoms with Crippen molar-refractivity contribution in [3.8, 4) is 5.69 Å². The molecule has 0 aliphatic carbocycles. The molecule has 7 nitrogen and oxygen atoms in total. The summed E-state index contributed by atoms with van der Waals surface area (Å²) in [6.07, 6.45) is 3.13. The average molecular weight is 379 g/mol. The maximum absolute atomic E-state index is 12.2. The maximum Gasteiger partial charge on any atom is 0.257 e. The highest BCUT2D eigenvalue weighted by Gasteiger charge is 2.12. The lowest BCUT2D eigenvalue weighted by Gasteiger charge is -2.14. The Morgan fingerprint density at radius 3 is 2.78 bits per heavy atom. The lowest BCUT2D eigenvalue weighted by molar-refractivity contribution is -0.119. The number of benzene rings is 2. The van der Waals surface area contributed by atoms with Crippen LogP contribution in [-0.4, -0.2) is 31.4 Å². The number of rotatable bonds is 6. The van der Waals surface area contributed by atoms with Crippen molar-refractivity contribution in [3.63, 3.8) is 0 Å². The summed E-state index contributed by atoms with van der Waals surface area (Å²) < 4.78 is 7.30. The standard InChI is InChI=1S/C19H17N5O2S/c1-13(14-6-8-15(9-7-14)24-12-20-11-21-24)22-18(25)10-27-19-23-16-4-2-3-5-17(16)26-19/h2-9,11-13H,10H2,1H3,(H,22,25). The second kappa shape index (κ2) is 7.63. The first-order valence-corrected chi connectivity index (χ1v) is 9.40. The molecule has 0 bridgehead atoms. The summed E-state index contributed by atoms with van der Waals surface area (Å²) in [6.45, 7) is 1.95. The van der Waals surface area contributed by atoms with Gasteiger partial charge in [-0.1, -0.05) is 36.0 Å². The molecule has 8 heteroatoms. The smallest absolute Gasteiger partial charge is 0.257 e. The number of para-hydroxylation sites is 2. The van der Waals surface area contributed by atoms with E-state index in [0.717, 1.165) is 22.4 Å². The van der Waals surface area contributed by atoms with Crippen molar-refractivity contribution in [1.29, 1.82) is 0 Å². The fourth-order valence-corrected chi connectivity index (χ4v) is 3.31. The van der Waals surface area contributed by atoms with Crippen LogP contribution in [-0.2, 0) is 4.79 Å². The topological polar surface area (TPSA) is 85.8 Å². The molecule has 0 fully saturated rings. The van der Waals surface area contributed by atoms with E-state index in [1.54, 1.807) is 11.0 Å². The number of oxazole rings is 1. The molecular formula is C19H17N5O2S. The minimum absolute atomic E-state index is 0.0740. The molecule has 2 aromatic heterocycles. The first-order chi connectivity index (χ1) is 13.2. The van der Waals surface area contributed by atoms with Crippen LogP contribution in [0.4, 0.5) is 0 Å². The van der Waals surface area contributed by atoms with Gasteiger partial charge < -0.3 is 9.73 Å². The van der Waals surface area contributed by atoms with Gasteiger partial charge in [0.1, 0.15) is 18.2 Å². The van der Waals surface area contributed by atoms with E-state index in [4.69, 9.17) is 4.42 Å². The predicted octanol–water partition coefficient (Wildman–Crippen LogP) is 3.38. The lowest BCUT2D eigenvalue weighted by Crippen LogP contribution is -2.28. The number of hydrogen-bond donors (Lipinski definition) is 1. The molecule has 1 N–H and O–H groups in total. The van der Waals surface area contributed by atoms with E-state index in [1.165, 1.54) is 18.1 Å². The highest BCUT2D eigenvalue weighted by Crippen LogP contribution is 2.23. The molecule has 1 atom stereocenters. The number of nitrogens with zero attached hydrogens (tertiary/aromatic N) is 4. The van der Waals surface area contributed by atoms with Gasteiger partial charge in [-0.2, -0.15) is 5.10 Å². The maximum atomic E-state index is 12.2. The van der Waals surface area contributed by atoms with Gasteiger partial charge in [-0.05, 0) is 36.8 Å². The Morgan fingerprint density at radius 2 is 2.04 bits per heavy atom. The van der Waals surface area contributed by atoms with Gasteiger partial charge in [0.15, 0.2) is 5.58 Å². The van der Waals surface area contributed by atoms with Gasteiger partial charge in [-0.3, -0.25) is 4.79 Å². The number of hydrogen-bond acceptors (Lipinski definition) is 6. The Kier molecular flexibility index (Phi) is 4.88. The summed E-state index contributed by atoms with van der Waals surface area (Å²) in [6, 6.07) is 15.3. The van der Waals surface area contributed by atoms with Crippen LogP contribution in [0.2, 0.25) is 0 Å². The van der Waals surface area contributed by atoms with Crippen LogP contribution < -0.4 is 5.32 Å². The summed E-state index contributed by atoms with van der Waals surface area (Å²) >= 11 is 1.28. The van der Waals surface area contributed by atoms with E-state index >= 15 is 0 Å². The molecule has 0 spiro atoms. The Balaban J connectivity index is 1.33. The number of nitrogens with one attached hydrogen (secondary N) is 1. The van der Waals surface area contributed by atoms with E-state index in [2.05, 4.69) is 20.4 Å². The summed E-state index contributed by atoms with van der Waals surface area (Å²) in [4.78, 5) is 20.5. The Hall–Kier alpha value is -3.13. The number of aromatic nitrogens is 4. The number of carbonyl (C=O) groups is 1. The number of carbonyl (C=O) groups excluding carboxylic acids is 1. The highest BCUT2D eigenvalue weighted by molar-refractivity contribution is 7.99. The molecule has 1 amide bonds. The third kappa shape index (κ3) is 4.01. The fourth-order valence-electron chi connectivity index (χ4n) is 2.66. The fraction of sp³-hybridized carbons (Fsp3) is 0.158. The summed E-state index contributed by atoms with van der Waals surface area (Å²) in [5, 5.41) is 7.58. The third-order valence-corrected chi connectivity index (χ3v) is 4.88. The van der Waals surface area contributed by atoms with Gasteiger partial charge in [0, 0.05) is 0 Å². The van der Waals surface area contributed by atoms with Crippen LogP contribution in [0.15, 0.2) is 70.8 Å². The monoisotopic (exact) mass is 379 g/mol. The molecule has 0 aliphatic heterocycles. The van der Waals surface area contributed by atoms with Crippen LogP contribution in [0.5, 0.6) is 0 Å². The summed E-state index contributed by atoms with van der Waals surface area (Å²) in [5.41, 5.74) is 3.45. The highest BCUT2D eigenvalue weighted by atomic mass is 32.2. The Labute approximate surface area is 159 Å². The van der Waals surface area contributed by atoms with E-state index in [0.29, 0.717) is 5.22 Å². The molecule has 1 unspecified atom stereocenters. The first-order valence-electron chi connectivity index (χ1n) is 8.42. The molecule has 4 aromatic rings. The molecule has 2 heterocycles. The SMILES string of the molecule is CC(NC(=O)CSc1nc2ccccc2o1)c1ccc(-n2cncn2)cc1. The third-order valence-electron chi connectivity index (χ3n) is 4.05. The van der Waals surface area contributed by atoms with Crippen molar-refractivity contribution in [1.82, 2.24) is 25.1 Å². The molecule has 0 radical (unpaired) electrons. The largest absolute Gasteiger partial charge is 0.431 e. The van der Waals surface area contributed by atoms with Crippen molar-refractivity contribution in [2.24, 2.45) is 0 Å². The van der Waals surface area contributed by atoms with Crippen LogP contribution in [0, 0.1) is 0 Å². The van der Waals surface area contributed by atoms with Crippen molar-refractivity contribution in [2.45, 2.75) is 18.2 Å². The molecule has 4 rings (SSSR count). The zero-order chi connectivity index (χ0) is 18.6. The van der Waals surface area contributed by atoms with E-state index in [-0.39, 0.29) is 17.7 Å². The minimum Gasteiger partial charge on any atom is -0.431 e. The summed E-state index contributed by atoms with van der Waals surface area (Å²) in [5.74, 6) is 0.170. The quantitative estimate of drug-likeness (QED) is 0.517. The van der Waals surface area contributed by atoms with Gasteiger partial charge >= 0.3 is 0 Å². The van der Waals surface area contributed by atoms with Crippen molar-refractivity contribution in [3.05, 3.63) is 66.7 Å². The van der Waals surface area contributed by atoms with E-state index < -0.39 is 0 Å². The van der Waals surface area contributed by atoms with Gasteiger partial charge in [0.2, 0.25) is 5.91 Å². The van der Waals surface area contributed by atoms with Gasteiger partial charge in [0.25, 0.3) is 5.22 Å². The second-order valence-electron chi connectivity index (χ2n) is 5.96. The van der Waals surface area contributed by atoms with Crippen LogP contribution in [0.3, 0.4) is 0 Å². The first kappa shape index (κ1) is 17.3. The molecule has 27 heavy (non-hydrogen) atoms. The van der Waals surface area contributed by atoms with E-state index in [9.17, 15) is 4.79 Å². The number of thioether (sulfide) groups is 1. The molecule has 0 saturated heterocycles. The minimum atomic E-state index is -0.105. The second-order valence-corrected chi connectivity index (χ2v) is 6.88. The Morgan fingerprint density at radius 1 is 1.22 bits per heavy atom. The molecular weight excluding hydrogens is 362 g/mol. The van der Waals surface area contributed by atoms with Gasteiger partial charge in [-0.15, -0.1) is 0 Å². The zero-order valence-electron chi connectivity index (χ0n) is 14.6. The van der Waals surface area contributed by atoms with Crippen molar-refractivity contribution < 1.29 is 9.21 Å². The van der Waals surface area contributed by atoms with Crippen LogP contribution in [0.25, 0.3) is 16.8 Å². The lowest BCUT2D eigenvalue weighted by atomic mass is 10.1. The van der Waals surface area contributed by atoms with Gasteiger partial charge in [0.05, 0.1) is 17.5 Å². The molecule has 0 aliphatic rings. The molecule has 2 aromatic carbocycles. The number of fused-ring (bicyclic) bond motifs is 1. The Bertz CT molecular complexity index is 1010. The normalized spacial score (nSPS) is 12.2. The molecule has 0 saturated carbocycles. The zero-order valence-corrected chi connectivity index (χ0v) is 15.4.